The molecule has 0 spiro atoms. The molecule has 38 heavy (non-hydrogen) atoms. The summed E-state index contributed by atoms with van der Waals surface area (Å²) in [6.45, 7) is 0. The van der Waals surface area contributed by atoms with E-state index in [1.807, 2.05) is 0 Å². The van der Waals surface area contributed by atoms with Crippen LogP contribution in [0.15, 0.2) is 48.6 Å². The van der Waals surface area contributed by atoms with E-state index < -0.39 is 60.4 Å². The molecule has 1 aliphatic carbocycles. The molecule has 4 atom stereocenters. The average Bonchev–Trinajstić information content (AvgIpc) is 2.86. The summed E-state index contributed by atoms with van der Waals surface area (Å²) in [5.41, 5.74) is -1.73. The van der Waals surface area contributed by atoms with Crippen molar-refractivity contribution in [1.29, 1.82) is 0 Å². The summed E-state index contributed by atoms with van der Waals surface area (Å²) in [6, 6.07) is 8.11. The van der Waals surface area contributed by atoms with E-state index in [9.17, 15) is 45.0 Å². The van der Waals surface area contributed by atoms with Crippen molar-refractivity contribution >= 4 is 30.1 Å². The SMILES string of the molecule is COc1ccc(/C=C/C(=O)O[C@@H]2C[C@@](O)(C(=O)O)C[C@@H](OC(=O)/C=C/c3ccc(O)c(O)c3)[C@@H]2O)cc1O. The second-order valence-electron chi connectivity index (χ2n) is 8.53. The first-order valence-corrected chi connectivity index (χ1v) is 11.2. The molecule has 0 aromatic heterocycles. The van der Waals surface area contributed by atoms with E-state index in [4.69, 9.17) is 14.2 Å². The first-order chi connectivity index (χ1) is 17.9. The number of ether oxygens (including phenoxy) is 3. The van der Waals surface area contributed by atoms with E-state index in [1.165, 1.54) is 49.6 Å². The molecule has 12 heteroatoms. The third-order valence-electron chi connectivity index (χ3n) is 5.80. The van der Waals surface area contributed by atoms with Crippen molar-refractivity contribution in [3.63, 3.8) is 0 Å². The fraction of sp³-hybridized carbons (Fsp3) is 0.269. The second-order valence-corrected chi connectivity index (χ2v) is 8.53. The van der Waals surface area contributed by atoms with Crippen molar-refractivity contribution in [2.75, 3.05) is 7.11 Å². The predicted octanol–water partition coefficient (Wildman–Crippen LogP) is 1.33. The van der Waals surface area contributed by atoms with Gasteiger partial charge in [0.15, 0.2) is 28.6 Å². The van der Waals surface area contributed by atoms with Gasteiger partial charge in [0.25, 0.3) is 0 Å². The smallest absolute Gasteiger partial charge is 0.335 e. The first kappa shape index (κ1) is 28.0. The molecule has 0 saturated heterocycles. The number of methoxy groups -OCH3 is 1. The van der Waals surface area contributed by atoms with Gasteiger partial charge < -0.3 is 44.8 Å². The second kappa shape index (κ2) is 11.7. The monoisotopic (exact) mass is 530 g/mol. The largest absolute Gasteiger partial charge is 0.504 e. The minimum absolute atomic E-state index is 0.168. The zero-order valence-electron chi connectivity index (χ0n) is 20.1. The fourth-order valence-corrected chi connectivity index (χ4v) is 3.79. The Kier molecular flexibility index (Phi) is 8.61. The highest BCUT2D eigenvalue weighted by Gasteiger charge is 2.52. The lowest BCUT2D eigenvalue weighted by Gasteiger charge is -2.40. The fourth-order valence-electron chi connectivity index (χ4n) is 3.79. The highest BCUT2D eigenvalue weighted by molar-refractivity contribution is 5.88. The highest BCUT2D eigenvalue weighted by Crippen LogP contribution is 2.33. The molecular weight excluding hydrogens is 504 g/mol. The van der Waals surface area contributed by atoms with Gasteiger partial charge in [0, 0.05) is 25.0 Å². The number of benzene rings is 2. The minimum Gasteiger partial charge on any atom is -0.504 e. The zero-order chi connectivity index (χ0) is 28.0. The number of esters is 2. The summed E-state index contributed by atoms with van der Waals surface area (Å²) < 4.78 is 15.2. The number of carboxylic acids is 1. The van der Waals surface area contributed by atoms with Crippen LogP contribution in [0.1, 0.15) is 24.0 Å². The van der Waals surface area contributed by atoms with Crippen LogP contribution in [0.2, 0.25) is 0 Å². The van der Waals surface area contributed by atoms with Gasteiger partial charge in [-0.05, 0) is 47.5 Å². The van der Waals surface area contributed by atoms with Crippen LogP contribution in [0.3, 0.4) is 0 Å². The summed E-state index contributed by atoms with van der Waals surface area (Å²) >= 11 is 0. The molecule has 6 N–H and O–H groups in total. The van der Waals surface area contributed by atoms with Crippen molar-refractivity contribution in [2.24, 2.45) is 0 Å². The Morgan fingerprint density at radius 3 is 1.79 bits per heavy atom. The average molecular weight is 530 g/mol. The Hall–Kier alpha value is -4.55. The molecule has 0 aliphatic heterocycles. The number of aliphatic hydroxyl groups excluding tert-OH is 1. The number of carboxylic acid groups (broad SMARTS) is 1. The van der Waals surface area contributed by atoms with Crippen molar-refractivity contribution in [3.05, 3.63) is 59.7 Å². The Morgan fingerprint density at radius 1 is 0.842 bits per heavy atom. The van der Waals surface area contributed by atoms with Crippen molar-refractivity contribution in [2.45, 2.75) is 36.8 Å². The van der Waals surface area contributed by atoms with Crippen molar-refractivity contribution in [3.8, 4) is 23.0 Å². The van der Waals surface area contributed by atoms with Crippen LogP contribution in [-0.2, 0) is 23.9 Å². The van der Waals surface area contributed by atoms with Gasteiger partial charge in [-0.25, -0.2) is 14.4 Å². The molecule has 1 fully saturated rings. The topological polar surface area (TPSA) is 200 Å². The summed E-state index contributed by atoms with van der Waals surface area (Å²) in [6.07, 6.45) is -1.64. The molecule has 202 valence electrons. The predicted molar refractivity (Wildman–Crippen MR) is 130 cm³/mol. The highest BCUT2D eigenvalue weighted by atomic mass is 16.6. The molecule has 0 heterocycles. The number of aromatic hydroxyl groups is 3. The van der Waals surface area contributed by atoms with Crippen molar-refractivity contribution < 1.29 is 59.2 Å². The van der Waals surface area contributed by atoms with Crippen molar-refractivity contribution in [1.82, 2.24) is 0 Å². The van der Waals surface area contributed by atoms with E-state index in [1.54, 1.807) is 6.07 Å². The third-order valence-corrected chi connectivity index (χ3v) is 5.80. The van der Waals surface area contributed by atoms with Gasteiger partial charge in [-0.2, -0.15) is 0 Å². The standard InChI is InChI=1S/C26H26O12/c1-36-19-7-3-15(11-18(19)29)5-9-23(31)38-21-13-26(35,25(33)34)12-20(24(21)32)37-22(30)8-4-14-2-6-16(27)17(28)10-14/h2-11,20-21,24,27-29,32,35H,12-13H2,1H3,(H,33,34)/b8-4+,9-5+/t20-,21-,24+,26-/m1/s1. The van der Waals surface area contributed by atoms with E-state index in [-0.39, 0.29) is 17.2 Å². The van der Waals surface area contributed by atoms with E-state index in [2.05, 4.69) is 0 Å². The van der Waals surface area contributed by atoms with Crippen LogP contribution < -0.4 is 4.74 Å². The Balaban J connectivity index is 1.70. The summed E-state index contributed by atoms with van der Waals surface area (Å²) in [7, 11) is 1.37. The number of carbonyl (C=O) groups excluding carboxylic acids is 2. The van der Waals surface area contributed by atoms with Crippen LogP contribution >= 0.6 is 0 Å². The number of aliphatic carboxylic acids is 1. The number of hydrogen-bond acceptors (Lipinski definition) is 11. The van der Waals surface area contributed by atoms with Gasteiger partial charge in [-0.15, -0.1) is 0 Å². The van der Waals surface area contributed by atoms with Crippen LogP contribution in [-0.4, -0.2) is 79.6 Å². The van der Waals surface area contributed by atoms with Gasteiger partial charge in [-0.3, -0.25) is 0 Å². The molecule has 0 unspecified atom stereocenters. The lowest BCUT2D eigenvalue weighted by Crippen LogP contribution is -2.58. The molecule has 0 radical (unpaired) electrons. The molecule has 0 bridgehead atoms. The minimum atomic E-state index is -2.47. The van der Waals surface area contributed by atoms with Crippen LogP contribution in [0, 0.1) is 0 Å². The van der Waals surface area contributed by atoms with Crippen LogP contribution in [0.4, 0.5) is 0 Å². The number of carbonyl (C=O) groups is 3. The molecule has 3 rings (SSSR count). The number of rotatable bonds is 8. The maximum absolute atomic E-state index is 12.4. The Bertz CT molecular complexity index is 1270. The van der Waals surface area contributed by atoms with Gasteiger partial charge in [-0.1, -0.05) is 12.1 Å². The van der Waals surface area contributed by atoms with Gasteiger partial charge >= 0.3 is 17.9 Å². The number of phenolic OH excluding ortho intramolecular Hbond substituents is 3. The molecule has 0 amide bonds. The Labute approximate surface area is 216 Å². The van der Waals surface area contributed by atoms with Gasteiger partial charge in [0.1, 0.15) is 18.3 Å². The van der Waals surface area contributed by atoms with E-state index >= 15 is 0 Å². The quantitative estimate of drug-likeness (QED) is 0.163. The molecular formula is C26H26O12. The summed E-state index contributed by atoms with van der Waals surface area (Å²) in [5, 5.41) is 59.4. The van der Waals surface area contributed by atoms with Gasteiger partial charge in [0.05, 0.1) is 7.11 Å². The molecule has 2 aromatic rings. The molecule has 1 aliphatic rings. The number of aliphatic hydroxyl groups is 2. The van der Waals surface area contributed by atoms with Crippen LogP contribution in [0.5, 0.6) is 23.0 Å². The Morgan fingerprint density at radius 2 is 1.34 bits per heavy atom. The number of phenols is 3. The first-order valence-electron chi connectivity index (χ1n) is 11.2. The molecule has 1 saturated carbocycles. The third kappa shape index (κ3) is 6.81. The number of hydrogen-bond donors (Lipinski definition) is 6. The lowest BCUT2D eigenvalue weighted by atomic mass is 9.79. The molecule has 12 nitrogen and oxygen atoms in total. The van der Waals surface area contributed by atoms with E-state index in [0.29, 0.717) is 11.1 Å². The maximum atomic E-state index is 12.4. The summed E-state index contributed by atoms with van der Waals surface area (Å²) in [4.78, 5) is 36.4. The maximum Gasteiger partial charge on any atom is 0.335 e. The lowest BCUT2D eigenvalue weighted by molar-refractivity contribution is -0.203. The van der Waals surface area contributed by atoms with Crippen LogP contribution in [0.25, 0.3) is 12.2 Å². The summed E-state index contributed by atoms with van der Waals surface area (Å²) in [5.74, 6) is -4.39. The zero-order valence-corrected chi connectivity index (χ0v) is 20.1. The molecule has 2 aromatic carbocycles. The van der Waals surface area contributed by atoms with Gasteiger partial charge in [0.2, 0.25) is 0 Å². The van der Waals surface area contributed by atoms with E-state index in [0.717, 1.165) is 12.2 Å². The normalized spacial score (nSPS) is 23.3.